The van der Waals surface area contributed by atoms with Gasteiger partial charge in [-0.1, -0.05) is 26.0 Å². The smallest absolute Gasteiger partial charge is 0.260 e. The number of carbonyl (C=O) groups is 2. The molecule has 120 valence electrons. The summed E-state index contributed by atoms with van der Waals surface area (Å²) in [7, 11) is 0. The molecule has 0 bridgehead atoms. The predicted octanol–water partition coefficient (Wildman–Crippen LogP) is 1.91. The van der Waals surface area contributed by atoms with E-state index in [1.165, 1.54) is 5.56 Å². The summed E-state index contributed by atoms with van der Waals surface area (Å²) in [6.45, 7) is 5.44. The Kier molecular flexibility index (Phi) is 5.41. The number of piperidine rings is 1. The molecule has 1 saturated heterocycles. The van der Waals surface area contributed by atoms with Gasteiger partial charge in [0.05, 0.1) is 0 Å². The van der Waals surface area contributed by atoms with Gasteiger partial charge in [-0.3, -0.25) is 9.59 Å². The van der Waals surface area contributed by atoms with E-state index in [1.54, 1.807) is 4.90 Å². The van der Waals surface area contributed by atoms with Gasteiger partial charge in [-0.2, -0.15) is 0 Å². The lowest BCUT2D eigenvalue weighted by molar-refractivity contribution is -0.136. The van der Waals surface area contributed by atoms with Gasteiger partial charge in [0, 0.05) is 19.0 Å². The first-order valence-corrected chi connectivity index (χ1v) is 7.77. The van der Waals surface area contributed by atoms with Gasteiger partial charge < -0.3 is 15.4 Å². The minimum Gasteiger partial charge on any atom is -0.484 e. The van der Waals surface area contributed by atoms with Gasteiger partial charge in [0.1, 0.15) is 5.75 Å². The highest BCUT2D eigenvalue weighted by Crippen LogP contribution is 2.19. The largest absolute Gasteiger partial charge is 0.484 e. The molecule has 2 rings (SSSR count). The van der Waals surface area contributed by atoms with Crippen LogP contribution < -0.4 is 10.5 Å². The molecule has 0 saturated carbocycles. The van der Waals surface area contributed by atoms with Crippen LogP contribution in [0.4, 0.5) is 0 Å². The molecule has 1 aromatic rings. The van der Waals surface area contributed by atoms with E-state index in [1.807, 2.05) is 24.3 Å². The van der Waals surface area contributed by atoms with Crippen molar-refractivity contribution in [2.75, 3.05) is 19.7 Å². The molecule has 5 heteroatoms. The molecule has 0 aliphatic carbocycles. The van der Waals surface area contributed by atoms with Crippen molar-refractivity contribution in [1.29, 1.82) is 0 Å². The lowest BCUT2D eigenvalue weighted by Crippen LogP contribution is -2.43. The molecule has 0 unspecified atom stereocenters. The van der Waals surface area contributed by atoms with Crippen molar-refractivity contribution in [2.24, 2.45) is 11.7 Å². The number of benzene rings is 1. The number of likely N-dealkylation sites (tertiary alicyclic amines) is 1. The van der Waals surface area contributed by atoms with E-state index in [4.69, 9.17) is 10.5 Å². The summed E-state index contributed by atoms with van der Waals surface area (Å²) in [6, 6.07) is 7.82. The molecule has 0 radical (unpaired) electrons. The molecule has 1 aliphatic rings. The maximum absolute atomic E-state index is 12.1. The number of nitrogens with two attached hydrogens (primary N) is 1. The second kappa shape index (κ2) is 7.29. The normalized spacial score (nSPS) is 15.9. The second-order valence-electron chi connectivity index (χ2n) is 6.07. The average molecular weight is 304 g/mol. The van der Waals surface area contributed by atoms with Crippen molar-refractivity contribution < 1.29 is 14.3 Å². The van der Waals surface area contributed by atoms with E-state index in [2.05, 4.69) is 13.8 Å². The van der Waals surface area contributed by atoms with Crippen LogP contribution >= 0.6 is 0 Å². The van der Waals surface area contributed by atoms with Crippen molar-refractivity contribution in [3.8, 4) is 5.75 Å². The van der Waals surface area contributed by atoms with Crippen LogP contribution in [0.5, 0.6) is 5.75 Å². The van der Waals surface area contributed by atoms with Crippen LogP contribution in [-0.4, -0.2) is 36.4 Å². The van der Waals surface area contributed by atoms with Crippen molar-refractivity contribution in [2.45, 2.75) is 32.6 Å². The number of carbonyl (C=O) groups excluding carboxylic acids is 2. The van der Waals surface area contributed by atoms with Crippen molar-refractivity contribution in [3.63, 3.8) is 0 Å². The van der Waals surface area contributed by atoms with Crippen LogP contribution in [0.25, 0.3) is 0 Å². The summed E-state index contributed by atoms with van der Waals surface area (Å²) in [5.41, 5.74) is 6.53. The molecule has 1 aliphatic heterocycles. The molecule has 1 aromatic carbocycles. The lowest BCUT2D eigenvalue weighted by atomic mass is 9.96. The minimum absolute atomic E-state index is 0.0300. The van der Waals surface area contributed by atoms with Gasteiger partial charge in [-0.25, -0.2) is 0 Å². The SMILES string of the molecule is CC(C)c1ccc(OCC(=O)N2CCC(C(N)=O)CC2)cc1. The predicted molar refractivity (Wildman–Crippen MR) is 84.5 cm³/mol. The number of ether oxygens (including phenoxy) is 1. The van der Waals surface area contributed by atoms with Crippen LogP contribution in [0.3, 0.4) is 0 Å². The third kappa shape index (κ3) is 4.23. The Morgan fingerprint density at radius 1 is 1.23 bits per heavy atom. The molecule has 1 heterocycles. The van der Waals surface area contributed by atoms with Gasteiger partial charge in [0.25, 0.3) is 5.91 Å². The summed E-state index contributed by atoms with van der Waals surface area (Å²) < 4.78 is 5.55. The fraction of sp³-hybridized carbons (Fsp3) is 0.529. The Bertz CT molecular complexity index is 517. The molecule has 5 nitrogen and oxygen atoms in total. The quantitative estimate of drug-likeness (QED) is 0.903. The topological polar surface area (TPSA) is 72.6 Å². The summed E-state index contributed by atoms with van der Waals surface area (Å²) in [5, 5.41) is 0. The highest BCUT2D eigenvalue weighted by Gasteiger charge is 2.25. The van der Waals surface area contributed by atoms with E-state index in [0.717, 1.165) is 0 Å². The highest BCUT2D eigenvalue weighted by molar-refractivity contribution is 5.79. The summed E-state index contributed by atoms with van der Waals surface area (Å²) >= 11 is 0. The van der Waals surface area contributed by atoms with E-state index in [0.29, 0.717) is 37.6 Å². The Hall–Kier alpha value is -2.04. The van der Waals surface area contributed by atoms with E-state index in [9.17, 15) is 9.59 Å². The van der Waals surface area contributed by atoms with Crippen LogP contribution in [0.15, 0.2) is 24.3 Å². The third-order valence-electron chi connectivity index (χ3n) is 4.16. The van der Waals surface area contributed by atoms with E-state index < -0.39 is 0 Å². The zero-order valence-electron chi connectivity index (χ0n) is 13.2. The fourth-order valence-corrected chi connectivity index (χ4v) is 2.60. The Morgan fingerprint density at radius 3 is 2.32 bits per heavy atom. The number of hydrogen-bond donors (Lipinski definition) is 1. The van der Waals surface area contributed by atoms with Crippen LogP contribution in [0.2, 0.25) is 0 Å². The standard InChI is InChI=1S/C17H24N2O3/c1-12(2)13-3-5-15(6-4-13)22-11-16(20)19-9-7-14(8-10-19)17(18)21/h3-6,12,14H,7-11H2,1-2H3,(H2,18,21). The molecule has 1 fully saturated rings. The van der Waals surface area contributed by atoms with Gasteiger partial charge in [-0.05, 0) is 36.5 Å². The zero-order valence-corrected chi connectivity index (χ0v) is 13.2. The Labute approximate surface area is 131 Å². The minimum atomic E-state index is -0.270. The Morgan fingerprint density at radius 2 is 1.82 bits per heavy atom. The van der Waals surface area contributed by atoms with Crippen molar-refractivity contribution >= 4 is 11.8 Å². The van der Waals surface area contributed by atoms with Gasteiger partial charge in [-0.15, -0.1) is 0 Å². The third-order valence-corrected chi connectivity index (χ3v) is 4.16. The maximum atomic E-state index is 12.1. The first-order chi connectivity index (χ1) is 10.5. The fourth-order valence-electron chi connectivity index (χ4n) is 2.60. The van der Waals surface area contributed by atoms with Gasteiger partial charge in [0.15, 0.2) is 6.61 Å². The summed E-state index contributed by atoms with van der Waals surface area (Å²) in [6.07, 6.45) is 1.29. The summed E-state index contributed by atoms with van der Waals surface area (Å²) in [5.74, 6) is 0.755. The van der Waals surface area contributed by atoms with Crippen LogP contribution in [0.1, 0.15) is 38.2 Å². The second-order valence-corrected chi connectivity index (χ2v) is 6.07. The van der Waals surface area contributed by atoms with Crippen LogP contribution in [0, 0.1) is 5.92 Å². The molecule has 22 heavy (non-hydrogen) atoms. The van der Waals surface area contributed by atoms with E-state index in [-0.39, 0.29) is 24.3 Å². The summed E-state index contributed by atoms with van der Waals surface area (Å²) in [4.78, 5) is 25.0. The van der Waals surface area contributed by atoms with Crippen molar-refractivity contribution in [3.05, 3.63) is 29.8 Å². The molecule has 0 aromatic heterocycles. The number of hydrogen-bond acceptors (Lipinski definition) is 3. The molecular weight excluding hydrogens is 280 g/mol. The highest BCUT2D eigenvalue weighted by atomic mass is 16.5. The molecule has 0 atom stereocenters. The number of amides is 2. The Balaban J connectivity index is 1.79. The van der Waals surface area contributed by atoms with Gasteiger partial charge >= 0.3 is 0 Å². The molecule has 2 amide bonds. The maximum Gasteiger partial charge on any atom is 0.260 e. The monoisotopic (exact) mass is 304 g/mol. The van der Waals surface area contributed by atoms with Crippen LogP contribution in [-0.2, 0) is 9.59 Å². The number of nitrogens with zero attached hydrogens (tertiary/aromatic N) is 1. The van der Waals surface area contributed by atoms with Crippen molar-refractivity contribution in [1.82, 2.24) is 4.90 Å². The first-order valence-electron chi connectivity index (χ1n) is 7.77. The van der Waals surface area contributed by atoms with Gasteiger partial charge in [0.2, 0.25) is 5.91 Å². The van der Waals surface area contributed by atoms with E-state index >= 15 is 0 Å². The first kappa shape index (κ1) is 16.3. The molecular formula is C17H24N2O3. The molecule has 2 N–H and O–H groups in total. The average Bonchev–Trinajstić information content (AvgIpc) is 2.53. The molecule has 0 spiro atoms. The lowest BCUT2D eigenvalue weighted by Gasteiger charge is -2.30. The number of rotatable bonds is 5. The zero-order chi connectivity index (χ0) is 16.1. The number of primary amides is 1.